The fourth-order valence-electron chi connectivity index (χ4n) is 3.62. The van der Waals surface area contributed by atoms with Crippen LogP contribution in [0.1, 0.15) is 40.8 Å². The molecule has 0 bridgehead atoms. The van der Waals surface area contributed by atoms with Gasteiger partial charge in [-0.15, -0.1) is 0 Å². The summed E-state index contributed by atoms with van der Waals surface area (Å²) in [5.41, 5.74) is 0.463. The number of nitrogens with zero attached hydrogens (tertiary/aromatic N) is 5. The maximum absolute atomic E-state index is 12.9. The summed E-state index contributed by atoms with van der Waals surface area (Å²) >= 11 is 0. The highest BCUT2D eigenvalue weighted by molar-refractivity contribution is 6.03. The van der Waals surface area contributed by atoms with Crippen molar-refractivity contribution in [2.75, 3.05) is 5.32 Å². The van der Waals surface area contributed by atoms with Crippen molar-refractivity contribution >= 4 is 17.3 Å². The van der Waals surface area contributed by atoms with E-state index in [2.05, 4.69) is 25.6 Å². The minimum atomic E-state index is -0.733. The molecule has 0 spiro atoms. The number of carbonyl (C=O) groups is 1. The number of anilines is 1. The summed E-state index contributed by atoms with van der Waals surface area (Å²) in [5, 5.41) is 25.5. The van der Waals surface area contributed by atoms with E-state index < -0.39 is 16.3 Å². The molecule has 11 nitrogen and oxygen atoms in total. The average Bonchev–Trinajstić information content (AvgIpc) is 3.55. The number of hydrogen-bond donors (Lipinski definition) is 2. The van der Waals surface area contributed by atoms with E-state index in [1.54, 1.807) is 31.2 Å². The Balaban J connectivity index is 1.45. The van der Waals surface area contributed by atoms with E-state index >= 15 is 0 Å². The van der Waals surface area contributed by atoms with Gasteiger partial charge in [-0.2, -0.15) is 10.2 Å². The van der Waals surface area contributed by atoms with Crippen LogP contribution in [0, 0.1) is 17.0 Å². The molecule has 2 aromatic heterocycles. The Morgan fingerprint density at radius 2 is 1.97 bits per heavy atom. The number of amides is 1. The lowest BCUT2D eigenvalue weighted by molar-refractivity contribution is -0.384. The van der Waals surface area contributed by atoms with E-state index in [0.717, 1.165) is 18.7 Å². The van der Waals surface area contributed by atoms with Gasteiger partial charge in [0.25, 0.3) is 11.6 Å². The van der Waals surface area contributed by atoms with E-state index in [0.29, 0.717) is 28.7 Å². The number of aromatic amines is 1. The summed E-state index contributed by atoms with van der Waals surface area (Å²) in [6, 6.07) is 14.1. The third-order valence-corrected chi connectivity index (χ3v) is 5.47. The van der Waals surface area contributed by atoms with Crippen LogP contribution in [0.5, 0.6) is 0 Å². The van der Waals surface area contributed by atoms with Crippen LogP contribution in [0.2, 0.25) is 0 Å². The third-order valence-electron chi connectivity index (χ3n) is 5.47. The van der Waals surface area contributed by atoms with Gasteiger partial charge in [-0.3, -0.25) is 24.8 Å². The summed E-state index contributed by atoms with van der Waals surface area (Å²) in [5.74, 6) is 1.07. The molecule has 170 valence electrons. The van der Waals surface area contributed by atoms with Crippen LogP contribution >= 0.6 is 0 Å². The summed E-state index contributed by atoms with van der Waals surface area (Å²) in [4.78, 5) is 40.9. The monoisotopic (exact) mass is 457 g/mol. The lowest BCUT2D eigenvalue weighted by Crippen LogP contribution is -2.27. The molecule has 0 aliphatic heterocycles. The molecule has 1 amide bonds. The van der Waals surface area contributed by atoms with E-state index in [9.17, 15) is 19.7 Å². The van der Waals surface area contributed by atoms with Gasteiger partial charge >= 0.3 is 0 Å². The molecule has 5 rings (SSSR count). The van der Waals surface area contributed by atoms with Gasteiger partial charge in [0.15, 0.2) is 11.5 Å². The molecule has 11 heteroatoms. The Bertz CT molecular complexity index is 1490. The lowest BCUT2D eigenvalue weighted by atomic mass is 10.2. The molecule has 0 radical (unpaired) electrons. The van der Waals surface area contributed by atoms with Crippen LogP contribution in [-0.2, 0) is 0 Å². The van der Waals surface area contributed by atoms with Crippen molar-refractivity contribution in [2.24, 2.45) is 0 Å². The van der Waals surface area contributed by atoms with Crippen LogP contribution in [0.4, 0.5) is 11.4 Å². The molecule has 1 saturated carbocycles. The molecule has 2 heterocycles. The normalized spacial score (nSPS) is 13.0. The second-order valence-corrected chi connectivity index (χ2v) is 8.01. The molecule has 2 aromatic carbocycles. The number of nitro benzene ring substituents is 1. The van der Waals surface area contributed by atoms with E-state index in [-0.39, 0.29) is 17.1 Å². The van der Waals surface area contributed by atoms with Crippen LogP contribution in [0.3, 0.4) is 0 Å². The van der Waals surface area contributed by atoms with Gasteiger partial charge in [-0.1, -0.05) is 24.3 Å². The first-order chi connectivity index (χ1) is 16.4. The highest BCUT2D eigenvalue weighted by Gasteiger charge is 2.27. The SMILES string of the molecule is Cc1cc(=O)c(C(=O)Nc2cccc(-c3n[nH]c(C4CC4)n3)c2)nn1-c1ccccc1[N+](=O)[O-]. The largest absolute Gasteiger partial charge is 0.320 e. The lowest BCUT2D eigenvalue weighted by Gasteiger charge is -2.12. The molecule has 1 aliphatic carbocycles. The van der Waals surface area contributed by atoms with Crippen molar-refractivity contribution in [1.29, 1.82) is 0 Å². The van der Waals surface area contributed by atoms with Gasteiger partial charge in [-0.25, -0.2) is 9.67 Å². The molecule has 34 heavy (non-hydrogen) atoms. The number of para-hydroxylation sites is 2. The Labute approximate surface area is 192 Å². The second kappa shape index (κ2) is 8.35. The minimum Gasteiger partial charge on any atom is -0.320 e. The molecular weight excluding hydrogens is 438 g/mol. The summed E-state index contributed by atoms with van der Waals surface area (Å²) in [6.07, 6.45) is 2.19. The fraction of sp³-hybridized carbons (Fsp3) is 0.174. The van der Waals surface area contributed by atoms with Gasteiger partial charge in [-0.05, 0) is 38.0 Å². The van der Waals surface area contributed by atoms with E-state index in [1.807, 2.05) is 6.07 Å². The van der Waals surface area contributed by atoms with Gasteiger partial charge < -0.3 is 5.32 Å². The minimum absolute atomic E-state index is 0.150. The Hall–Kier alpha value is -4.67. The van der Waals surface area contributed by atoms with Crippen LogP contribution in [-0.4, -0.2) is 35.8 Å². The van der Waals surface area contributed by atoms with Crippen LogP contribution in [0.15, 0.2) is 59.4 Å². The molecule has 1 aliphatic rings. The van der Waals surface area contributed by atoms with Crippen LogP contribution in [0.25, 0.3) is 17.1 Å². The maximum Gasteiger partial charge on any atom is 0.294 e. The fourth-order valence-corrected chi connectivity index (χ4v) is 3.62. The zero-order valence-electron chi connectivity index (χ0n) is 18.1. The molecule has 1 fully saturated rings. The highest BCUT2D eigenvalue weighted by atomic mass is 16.6. The van der Waals surface area contributed by atoms with E-state index in [1.165, 1.54) is 28.9 Å². The highest BCUT2D eigenvalue weighted by Crippen LogP contribution is 2.38. The van der Waals surface area contributed by atoms with Gasteiger partial charge in [0.2, 0.25) is 5.43 Å². The van der Waals surface area contributed by atoms with Crippen LogP contribution < -0.4 is 10.7 Å². The average molecular weight is 457 g/mol. The number of hydrogen-bond acceptors (Lipinski definition) is 7. The first kappa shape index (κ1) is 21.2. The van der Waals surface area contributed by atoms with Gasteiger partial charge in [0.1, 0.15) is 11.5 Å². The van der Waals surface area contributed by atoms with Gasteiger partial charge in [0, 0.05) is 35.0 Å². The van der Waals surface area contributed by atoms with Gasteiger partial charge in [0.05, 0.1) is 4.92 Å². The summed E-state index contributed by atoms with van der Waals surface area (Å²) in [6.45, 7) is 1.59. The zero-order valence-corrected chi connectivity index (χ0v) is 18.1. The first-order valence-electron chi connectivity index (χ1n) is 10.6. The molecule has 4 aromatic rings. The summed E-state index contributed by atoms with van der Waals surface area (Å²) in [7, 11) is 0. The van der Waals surface area contributed by atoms with Crippen molar-refractivity contribution in [2.45, 2.75) is 25.7 Å². The molecule has 2 N–H and O–H groups in total. The predicted molar refractivity (Wildman–Crippen MR) is 123 cm³/mol. The number of nitro groups is 1. The van der Waals surface area contributed by atoms with Crippen molar-refractivity contribution in [3.05, 3.63) is 92.1 Å². The predicted octanol–water partition coefficient (Wildman–Crippen LogP) is 3.36. The third kappa shape index (κ3) is 4.06. The van der Waals surface area contributed by atoms with E-state index in [4.69, 9.17) is 0 Å². The Kier molecular flexibility index (Phi) is 5.21. The number of aromatic nitrogens is 5. The molecular formula is C23H19N7O4. The zero-order chi connectivity index (χ0) is 23.8. The number of aryl methyl sites for hydroxylation is 1. The number of H-pyrrole nitrogens is 1. The smallest absolute Gasteiger partial charge is 0.294 e. The number of carbonyl (C=O) groups excluding carboxylic acids is 1. The Morgan fingerprint density at radius 3 is 2.74 bits per heavy atom. The van der Waals surface area contributed by atoms with Crippen molar-refractivity contribution < 1.29 is 9.72 Å². The number of benzene rings is 2. The number of nitrogens with one attached hydrogen (secondary N) is 2. The Morgan fingerprint density at radius 1 is 1.18 bits per heavy atom. The molecule has 0 atom stereocenters. The molecule has 0 unspecified atom stereocenters. The summed E-state index contributed by atoms with van der Waals surface area (Å²) < 4.78 is 1.22. The van der Waals surface area contributed by atoms with Crippen molar-refractivity contribution in [3.63, 3.8) is 0 Å². The topological polar surface area (TPSA) is 149 Å². The standard InChI is InChI=1S/C23H19N7O4/c1-13-11-19(31)20(28-29(13)17-7-2-3-8-18(17)30(33)34)23(32)24-16-6-4-5-15(12-16)22-25-21(26-27-22)14-9-10-14/h2-8,11-12,14H,9-10H2,1H3,(H,24,32)(H,25,26,27). The van der Waals surface area contributed by atoms with Crippen molar-refractivity contribution in [3.8, 4) is 17.1 Å². The maximum atomic E-state index is 12.9. The first-order valence-corrected chi connectivity index (χ1v) is 10.6. The molecule has 0 saturated heterocycles. The number of rotatable bonds is 6. The quantitative estimate of drug-likeness (QED) is 0.333. The second-order valence-electron chi connectivity index (χ2n) is 8.01. The van der Waals surface area contributed by atoms with Crippen molar-refractivity contribution in [1.82, 2.24) is 25.0 Å².